The number of hydrogen-bond acceptors (Lipinski definition) is 3. The quantitative estimate of drug-likeness (QED) is 0.731. The topological polar surface area (TPSA) is 26.0 Å². The van der Waals surface area contributed by atoms with E-state index in [0.29, 0.717) is 5.22 Å². The maximum Gasteiger partial charge on any atom is 0.226 e. The minimum atomic E-state index is 0.291. The monoisotopic (exact) mass is 223 g/mol. The molecule has 4 heteroatoms. The summed E-state index contributed by atoms with van der Waals surface area (Å²) in [5.74, 6) is 0. The van der Waals surface area contributed by atoms with Gasteiger partial charge in [-0.1, -0.05) is 41.6 Å². The van der Waals surface area contributed by atoms with Gasteiger partial charge >= 0.3 is 0 Å². The zero-order chi connectivity index (χ0) is 9.97. The van der Waals surface area contributed by atoms with Crippen molar-refractivity contribution in [3.05, 3.63) is 41.1 Å². The van der Waals surface area contributed by atoms with Gasteiger partial charge in [0.25, 0.3) is 0 Å². The Morgan fingerprint density at radius 1 is 1.29 bits per heavy atom. The van der Waals surface area contributed by atoms with Gasteiger partial charge in [0, 0.05) is 17.0 Å². The van der Waals surface area contributed by atoms with E-state index in [-0.39, 0.29) is 0 Å². The molecule has 0 aliphatic carbocycles. The van der Waals surface area contributed by atoms with Crippen LogP contribution in [-0.2, 0) is 0 Å². The summed E-state index contributed by atoms with van der Waals surface area (Å²) >= 11 is 10.4. The van der Waals surface area contributed by atoms with E-state index in [1.165, 1.54) is 0 Å². The van der Waals surface area contributed by atoms with E-state index < -0.39 is 0 Å². The van der Waals surface area contributed by atoms with Crippen LogP contribution < -0.4 is 0 Å². The third-order valence-corrected chi connectivity index (χ3v) is 2.27. The molecule has 0 saturated carbocycles. The smallest absolute Gasteiger partial charge is 0.226 e. The SMILES string of the molecule is S=Cc1ccc(-c2cc(Cl)on2)cc1. The fourth-order valence-corrected chi connectivity index (χ4v) is 1.42. The lowest BCUT2D eigenvalue weighted by Crippen LogP contribution is -1.79. The average molecular weight is 224 g/mol. The van der Waals surface area contributed by atoms with Gasteiger partial charge in [0.2, 0.25) is 5.22 Å². The highest BCUT2D eigenvalue weighted by atomic mass is 35.5. The van der Waals surface area contributed by atoms with Crippen molar-refractivity contribution in [2.24, 2.45) is 0 Å². The molecule has 0 unspecified atom stereocenters. The summed E-state index contributed by atoms with van der Waals surface area (Å²) < 4.78 is 4.76. The molecule has 0 aliphatic rings. The average Bonchev–Trinajstić information content (AvgIpc) is 2.65. The summed E-state index contributed by atoms with van der Waals surface area (Å²) in [5, 5.41) is 5.71. The van der Waals surface area contributed by atoms with E-state index in [1.807, 2.05) is 24.3 Å². The van der Waals surface area contributed by atoms with Crippen molar-refractivity contribution in [2.45, 2.75) is 0 Å². The standard InChI is InChI=1S/C10H6ClNOS/c11-10-5-9(12-13-10)8-3-1-7(6-14)2-4-8/h1-6H. The molecule has 0 atom stereocenters. The van der Waals surface area contributed by atoms with E-state index in [4.69, 9.17) is 28.3 Å². The Hall–Kier alpha value is -1.19. The summed E-state index contributed by atoms with van der Waals surface area (Å²) in [4.78, 5) is 0. The minimum absolute atomic E-state index is 0.291. The normalized spacial score (nSPS) is 10.1. The Bertz CT molecular complexity index is 449. The van der Waals surface area contributed by atoms with Gasteiger partial charge in [-0.25, -0.2) is 0 Å². The molecule has 2 rings (SSSR count). The largest absolute Gasteiger partial charge is 0.344 e. The molecule has 0 saturated heterocycles. The van der Waals surface area contributed by atoms with E-state index in [0.717, 1.165) is 16.8 Å². The van der Waals surface area contributed by atoms with Gasteiger partial charge in [-0.2, -0.15) is 0 Å². The number of hydrogen-bond donors (Lipinski definition) is 0. The lowest BCUT2D eigenvalue weighted by atomic mass is 10.1. The second-order valence-electron chi connectivity index (χ2n) is 2.76. The van der Waals surface area contributed by atoms with Crippen molar-refractivity contribution in [2.75, 3.05) is 0 Å². The van der Waals surface area contributed by atoms with Crippen LogP contribution in [0, 0.1) is 0 Å². The molecular weight excluding hydrogens is 218 g/mol. The summed E-state index contributed by atoms with van der Waals surface area (Å²) in [6.07, 6.45) is 0. The molecule has 2 nitrogen and oxygen atoms in total. The van der Waals surface area contributed by atoms with Crippen LogP contribution in [0.3, 0.4) is 0 Å². The zero-order valence-corrected chi connectivity index (χ0v) is 8.68. The molecule has 0 N–H and O–H groups in total. The first kappa shape index (κ1) is 9.37. The third kappa shape index (κ3) is 1.84. The molecule has 0 fully saturated rings. The number of halogens is 1. The first-order valence-corrected chi connectivity index (χ1v) is 4.82. The minimum Gasteiger partial charge on any atom is -0.344 e. The van der Waals surface area contributed by atoms with Crippen molar-refractivity contribution in [3.63, 3.8) is 0 Å². The first-order valence-electron chi connectivity index (χ1n) is 3.97. The van der Waals surface area contributed by atoms with Gasteiger partial charge in [0.05, 0.1) is 0 Å². The van der Waals surface area contributed by atoms with Crippen LogP contribution >= 0.6 is 23.8 Å². The fourth-order valence-electron chi connectivity index (χ4n) is 1.12. The van der Waals surface area contributed by atoms with Crippen LogP contribution in [0.2, 0.25) is 5.22 Å². The van der Waals surface area contributed by atoms with Crippen molar-refractivity contribution in [1.29, 1.82) is 0 Å². The predicted molar refractivity (Wildman–Crippen MR) is 59.7 cm³/mol. The molecule has 0 spiro atoms. The van der Waals surface area contributed by atoms with Gasteiger partial charge in [-0.3, -0.25) is 0 Å². The van der Waals surface area contributed by atoms with E-state index in [9.17, 15) is 0 Å². The van der Waals surface area contributed by atoms with Crippen molar-refractivity contribution in [1.82, 2.24) is 5.16 Å². The maximum atomic E-state index is 5.62. The molecule has 0 aliphatic heterocycles. The number of benzene rings is 1. The molecule has 70 valence electrons. The summed E-state index contributed by atoms with van der Waals surface area (Å²) in [5.41, 5.74) is 2.69. The molecule has 1 aromatic carbocycles. The van der Waals surface area contributed by atoms with E-state index in [2.05, 4.69) is 5.16 Å². The van der Waals surface area contributed by atoms with Crippen LogP contribution in [0.1, 0.15) is 5.56 Å². The Morgan fingerprint density at radius 2 is 2.00 bits per heavy atom. The molecule has 0 amide bonds. The van der Waals surface area contributed by atoms with Gasteiger partial charge in [-0.05, 0) is 17.2 Å². The molecule has 2 aromatic rings. The number of aromatic nitrogens is 1. The Kier molecular flexibility index (Phi) is 2.61. The Balaban J connectivity index is 2.38. The summed E-state index contributed by atoms with van der Waals surface area (Å²) in [6, 6.07) is 9.36. The lowest BCUT2D eigenvalue weighted by Gasteiger charge is -1.95. The van der Waals surface area contributed by atoms with Crippen LogP contribution in [0.25, 0.3) is 11.3 Å². The van der Waals surface area contributed by atoms with Crippen molar-refractivity contribution in [3.8, 4) is 11.3 Å². The molecule has 0 bridgehead atoms. The fraction of sp³-hybridized carbons (Fsp3) is 0. The highest BCUT2D eigenvalue weighted by Crippen LogP contribution is 2.21. The second-order valence-corrected chi connectivity index (χ2v) is 3.36. The molecule has 0 radical (unpaired) electrons. The molecule has 14 heavy (non-hydrogen) atoms. The number of nitrogens with zero attached hydrogens (tertiary/aromatic N) is 1. The highest BCUT2D eigenvalue weighted by molar-refractivity contribution is 7.79. The second kappa shape index (κ2) is 3.90. The van der Waals surface area contributed by atoms with Crippen LogP contribution in [-0.4, -0.2) is 10.5 Å². The van der Waals surface area contributed by atoms with Crippen LogP contribution in [0.4, 0.5) is 0 Å². The van der Waals surface area contributed by atoms with Gasteiger partial charge < -0.3 is 4.52 Å². The number of thiocarbonyl (C=S) groups is 1. The van der Waals surface area contributed by atoms with E-state index >= 15 is 0 Å². The molecule has 1 aromatic heterocycles. The summed E-state index contributed by atoms with van der Waals surface area (Å²) in [6.45, 7) is 0. The first-order chi connectivity index (χ1) is 6.79. The van der Waals surface area contributed by atoms with Gasteiger partial charge in [0.15, 0.2) is 0 Å². The van der Waals surface area contributed by atoms with Crippen LogP contribution in [0.5, 0.6) is 0 Å². The zero-order valence-electron chi connectivity index (χ0n) is 7.11. The van der Waals surface area contributed by atoms with Crippen LogP contribution in [0.15, 0.2) is 34.9 Å². The van der Waals surface area contributed by atoms with Gasteiger partial charge in [0.1, 0.15) is 5.69 Å². The predicted octanol–water partition coefficient (Wildman–Crippen LogP) is 3.34. The third-order valence-electron chi connectivity index (χ3n) is 1.82. The highest BCUT2D eigenvalue weighted by Gasteiger charge is 2.03. The molecule has 1 heterocycles. The number of rotatable bonds is 2. The Morgan fingerprint density at radius 3 is 2.50 bits per heavy atom. The lowest BCUT2D eigenvalue weighted by molar-refractivity contribution is 0.424. The molecular formula is C10H6ClNOS. The summed E-state index contributed by atoms with van der Waals surface area (Å²) in [7, 11) is 0. The Labute approximate surface area is 91.5 Å². The van der Waals surface area contributed by atoms with Crippen molar-refractivity contribution >= 4 is 29.2 Å². The van der Waals surface area contributed by atoms with E-state index in [1.54, 1.807) is 11.4 Å². The van der Waals surface area contributed by atoms with Crippen molar-refractivity contribution < 1.29 is 4.52 Å². The van der Waals surface area contributed by atoms with Gasteiger partial charge in [-0.15, -0.1) is 0 Å². The maximum absolute atomic E-state index is 5.62.